The summed E-state index contributed by atoms with van der Waals surface area (Å²) in [6.45, 7) is 12.5. The van der Waals surface area contributed by atoms with Gasteiger partial charge in [-0.15, -0.1) is 24.0 Å². The molecule has 7 heteroatoms. The minimum Gasteiger partial charge on any atom is -0.369 e. The Bertz CT molecular complexity index is 790. The Labute approximate surface area is 210 Å². The molecule has 6 nitrogen and oxygen atoms in total. The van der Waals surface area contributed by atoms with E-state index in [1.54, 1.807) is 0 Å². The zero-order valence-corrected chi connectivity index (χ0v) is 21.9. The molecule has 0 unspecified atom stereocenters. The normalized spacial score (nSPS) is 14.7. The van der Waals surface area contributed by atoms with Crippen LogP contribution in [0.4, 0.5) is 5.69 Å². The van der Waals surface area contributed by atoms with Gasteiger partial charge in [0.2, 0.25) is 0 Å². The van der Waals surface area contributed by atoms with Crippen molar-refractivity contribution in [3.05, 3.63) is 59.9 Å². The maximum Gasteiger partial charge on any atom is 0.191 e. The van der Waals surface area contributed by atoms with E-state index >= 15 is 0 Å². The van der Waals surface area contributed by atoms with Gasteiger partial charge >= 0.3 is 0 Å². The molecule has 0 radical (unpaired) electrons. The average Bonchev–Trinajstić information content (AvgIpc) is 2.80. The molecule has 0 spiro atoms. The number of hydrogen-bond donors (Lipinski definition) is 2. The molecule has 0 aliphatic carbocycles. The van der Waals surface area contributed by atoms with Crippen LogP contribution >= 0.6 is 24.0 Å². The number of piperazine rings is 1. The van der Waals surface area contributed by atoms with Crippen molar-refractivity contribution < 1.29 is 0 Å². The Balaban J connectivity index is 0.00000363. The minimum absolute atomic E-state index is 0. The van der Waals surface area contributed by atoms with Crippen molar-refractivity contribution >= 4 is 35.6 Å². The van der Waals surface area contributed by atoms with E-state index in [0.717, 1.165) is 70.3 Å². The number of nitrogens with one attached hydrogen (secondary N) is 2. The van der Waals surface area contributed by atoms with E-state index in [0.29, 0.717) is 0 Å². The van der Waals surface area contributed by atoms with Gasteiger partial charge in [0.25, 0.3) is 0 Å². The highest BCUT2D eigenvalue weighted by Crippen LogP contribution is 2.17. The maximum atomic E-state index is 4.73. The van der Waals surface area contributed by atoms with Crippen LogP contribution in [0.25, 0.3) is 0 Å². The van der Waals surface area contributed by atoms with Gasteiger partial charge in [-0.2, -0.15) is 0 Å². The van der Waals surface area contributed by atoms with Gasteiger partial charge in [-0.25, -0.2) is 0 Å². The molecule has 0 amide bonds. The lowest BCUT2D eigenvalue weighted by atomic mass is 10.2. The van der Waals surface area contributed by atoms with E-state index in [4.69, 9.17) is 4.99 Å². The maximum absolute atomic E-state index is 4.73. The first-order valence-corrected chi connectivity index (χ1v) is 11.7. The van der Waals surface area contributed by atoms with Gasteiger partial charge in [0, 0.05) is 69.8 Å². The number of aromatic nitrogens is 1. The highest BCUT2D eigenvalue weighted by Gasteiger charge is 2.16. The number of aliphatic imine (C=N–C) groups is 1. The van der Waals surface area contributed by atoms with Crippen LogP contribution in [0.15, 0.2) is 53.7 Å². The number of unbranched alkanes of at least 4 members (excludes halogenated alkanes) is 1. The number of hydrogen-bond acceptors (Lipinski definition) is 4. The summed E-state index contributed by atoms with van der Waals surface area (Å²) < 4.78 is 0. The predicted molar refractivity (Wildman–Crippen MR) is 146 cm³/mol. The Morgan fingerprint density at radius 3 is 2.59 bits per heavy atom. The van der Waals surface area contributed by atoms with E-state index in [9.17, 15) is 0 Å². The highest BCUT2D eigenvalue weighted by atomic mass is 127. The van der Waals surface area contributed by atoms with Gasteiger partial charge in [-0.1, -0.05) is 18.2 Å². The standard InChI is InChI=1S/C25H38N6.HI/c1-3-26-25(29-15-12-23-10-4-5-13-27-23)28-14-6-7-16-30-17-19-31(20-18-30)24-11-8-9-22(2)21-24;/h4-5,8-11,13,21H,3,6-7,12,14-20H2,1-2H3,(H2,26,28,29);1H. The van der Waals surface area contributed by atoms with Crippen LogP contribution in [0, 0.1) is 6.92 Å². The van der Waals surface area contributed by atoms with Gasteiger partial charge in [-0.3, -0.25) is 14.9 Å². The molecule has 2 aromatic rings. The summed E-state index contributed by atoms with van der Waals surface area (Å²) in [4.78, 5) is 14.2. The molecule has 1 fully saturated rings. The number of aryl methyl sites for hydroxylation is 1. The summed E-state index contributed by atoms with van der Waals surface area (Å²) in [7, 11) is 0. The van der Waals surface area contributed by atoms with Gasteiger partial charge < -0.3 is 15.5 Å². The first kappa shape index (κ1) is 26.4. The minimum atomic E-state index is 0. The lowest BCUT2D eigenvalue weighted by molar-refractivity contribution is 0.253. The molecular weight excluding hydrogens is 511 g/mol. The van der Waals surface area contributed by atoms with Crippen LogP contribution in [0.5, 0.6) is 0 Å². The van der Waals surface area contributed by atoms with Crippen molar-refractivity contribution in [3.63, 3.8) is 0 Å². The van der Waals surface area contributed by atoms with Crippen molar-refractivity contribution in [2.75, 3.05) is 57.3 Å². The Kier molecular flexibility index (Phi) is 12.4. The van der Waals surface area contributed by atoms with Crippen molar-refractivity contribution in [1.82, 2.24) is 20.5 Å². The van der Waals surface area contributed by atoms with Crippen LogP contribution in [-0.2, 0) is 6.42 Å². The number of guanidine groups is 1. The van der Waals surface area contributed by atoms with Crippen LogP contribution < -0.4 is 15.5 Å². The second-order valence-corrected chi connectivity index (χ2v) is 8.13. The molecule has 176 valence electrons. The van der Waals surface area contributed by atoms with Crippen molar-refractivity contribution in [2.24, 2.45) is 4.99 Å². The molecule has 3 rings (SSSR count). The second-order valence-electron chi connectivity index (χ2n) is 8.13. The highest BCUT2D eigenvalue weighted by molar-refractivity contribution is 14.0. The molecule has 1 aliphatic heterocycles. The third kappa shape index (κ3) is 9.32. The molecule has 0 saturated carbocycles. The molecule has 1 aliphatic rings. The van der Waals surface area contributed by atoms with Crippen molar-refractivity contribution in [2.45, 2.75) is 33.1 Å². The number of benzene rings is 1. The topological polar surface area (TPSA) is 55.8 Å². The van der Waals surface area contributed by atoms with E-state index in [1.165, 1.54) is 24.2 Å². The number of nitrogens with zero attached hydrogens (tertiary/aromatic N) is 4. The lowest BCUT2D eigenvalue weighted by Gasteiger charge is -2.36. The Morgan fingerprint density at radius 2 is 1.88 bits per heavy atom. The van der Waals surface area contributed by atoms with Crippen molar-refractivity contribution in [3.8, 4) is 0 Å². The van der Waals surface area contributed by atoms with Gasteiger partial charge in [0.05, 0.1) is 0 Å². The van der Waals surface area contributed by atoms with Gasteiger partial charge in [-0.05, 0) is 63.1 Å². The number of pyridine rings is 1. The van der Waals surface area contributed by atoms with E-state index in [-0.39, 0.29) is 24.0 Å². The largest absolute Gasteiger partial charge is 0.369 e. The summed E-state index contributed by atoms with van der Waals surface area (Å²) in [5, 5.41) is 6.75. The first-order valence-electron chi connectivity index (χ1n) is 11.7. The summed E-state index contributed by atoms with van der Waals surface area (Å²) in [6.07, 6.45) is 5.06. The monoisotopic (exact) mass is 550 g/mol. The zero-order chi connectivity index (χ0) is 21.7. The van der Waals surface area contributed by atoms with Crippen LogP contribution in [0.3, 0.4) is 0 Å². The van der Waals surface area contributed by atoms with Gasteiger partial charge in [0.1, 0.15) is 0 Å². The number of anilines is 1. The molecule has 0 atom stereocenters. The SMILES string of the molecule is CCNC(=NCCCCN1CCN(c2cccc(C)c2)CC1)NCCc1ccccn1.I. The molecule has 1 aromatic heterocycles. The predicted octanol–water partition coefficient (Wildman–Crippen LogP) is 3.71. The average molecular weight is 551 g/mol. The fourth-order valence-electron chi connectivity index (χ4n) is 3.89. The summed E-state index contributed by atoms with van der Waals surface area (Å²) in [5.41, 5.74) is 3.80. The third-order valence-corrected chi connectivity index (χ3v) is 5.64. The summed E-state index contributed by atoms with van der Waals surface area (Å²) >= 11 is 0. The second kappa shape index (κ2) is 15.1. The molecular formula is C25H39IN6. The molecule has 1 aromatic carbocycles. The quantitative estimate of drug-likeness (QED) is 0.205. The molecule has 2 heterocycles. The Morgan fingerprint density at radius 1 is 1.03 bits per heavy atom. The molecule has 0 bridgehead atoms. The van der Waals surface area contributed by atoms with Crippen LogP contribution in [-0.4, -0.2) is 68.2 Å². The fourth-order valence-corrected chi connectivity index (χ4v) is 3.89. The fraction of sp³-hybridized carbons (Fsp3) is 0.520. The summed E-state index contributed by atoms with van der Waals surface area (Å²) in [5.74, 6) is 0.908. The van der Waals surface area contributed by atoms with E-state index < -0.39 is 0 Å². The lowest BCUT2D eigenvalue weighted by Crippen LogP contribution is -2.46. The Hall–Kier alpha value is -1.87. The first-order chi connectivity index (χ1) is 15.2. The zero-order valence-electron chi connectivity index (χ0n) is 19.6. The van der Waals surface area contributed by atoms with Crippen molar-refractivity contribution in [1.29, 1.82) is 0 Å². The smallest absolute Gasteiger partial charge is 0.191 e. The van der Waals surface area contributed by atoms with Gasteiger partial charge in [0.15, 0.2) is 5.96 Å². The number of halogens is 1. The molecule has 32 heavy (non-hydrogen) atoms. The van der Waals surface area contributed by atoms with E-state index in [1.807, 2.05) is 18.3 Å². The third-order valence-electron chi connectivity index (χ3n) is 5.64. The van der Waals surface area contributed by atoms with Crippen LogP contribution in [0.1, 0.15) is 31.0 Å². The van der Waals surface area contributed by atoms with Crippen LogP contribution in [0.2, 0.25) is 0 Å². The molecule has 1 saturated heterocycles. The number of rotatable bonds is 10. The van der Waals surface area contributed by atoms with E-state index in [2.05, 4.69) is 69.6 Å². The summed E-state index contributed by atoms with van der Waals surface area (Å²) in [6, 6.07) is 14.9. The molecule has 2 N–H and O–H groups in total.